The number of nitrogens with one attached hydrogen (secondary N) is 2. The monoisotopic (exact) mass is 522 g/mol. The van der Waals surface area contributed by atoms with Gasteiger partial charge in [-0.05, 0) is 0 Å². The molecule has 0 bridgehead atoms. The van der Waals surface area contributed by atoms with Gasteiger partial charge in [-0.15, -0.1) is 35.3 Å². The second-order valence-electron chi connectivity index (χ2n) is 4.64. The zero-order chi connectivity index (χ0) is 23.0. The van der Waals surface area contributed by atoms with Crippen molar-refractivity contribution in [2.75, 3.05) is 61.0 Å². The van der Waals surface area contributed by atoms with Crippen LogP contribution in [0, 0.1) is 0 Å². The van der Waals surface area contributed by atoms with Gasteiger partial charge in [0.2, 0.25) is 6.40 Å². The first-order valence-electron chi connectivity index (χ1n) is 8.50. The molecule has 180 valence electrons. The molecule has 31 heavy (non-hydrogen) atoms. The van der Waals surface area contributed by atoms with Gasteiger partial charge in [0.1, 0.15) is 19.2 Å². The van der Waals surface area contributed by atoms with E-state index in [1.807, 2.05) is 0 Å². The second-order valence-corrected chi connectivity index (χ2v) is 9.11. The molecule has 2 amide bonds. The summed E-state index contributed by atoms with van der Waals surface area (Å²) in [6, 6.07) is 0. The lowest BCUT2D eigenvalue weighted by atomic mass is 10.8. The van der Waals surface area contributed by atoms with Gasteiger partial charge in [-0.1, -0.05) is 0 Å². The Hall–Kier alpha value is -1.24. The Morgan fingerprint density at radius 2 is 1.58 bits per heavy atom. The van der Waals surface area contributed by atoms with Gasteiger partial charge in [0.15, 0.2) is 0 Å². The predicted octanol–water partition coefficient (Wildman–Crippen LogP) is 0.122. The Balaban J connectivity index is 3.51. The van der Waals surface area contributed by atoms with Crippen molar-refractivity contribution in [3.63, 3.8) is 0 Å². The van der Waals surface area contributed by atoms with Gasteiger partial charge in [-0.25, -0.2) is 14.6 Å². The molecule has 0 aromatic carbocycles. The van der Waals surface area contributed by atoms with Crippen LogP contribution in [0.25, 0.3) is 0 Å². The standard InChI is InChI=1S/C14H26N4O9S4/c19-1-3-24-13(21)17-8-29-7-16-10-31(23)12-30-11-25-14(22)18-9-28-6-15-5-27-26-4-2-20/h5,10,19-20H,1-4,6-9,11-12H2,(H,17,21)(H,18,22). The topological polar surface area (TPSA) is 177 Å². The van der Waals surface area contributed by atoms with Crippen molar-refractivity contribution in [1.29, 1.82) is 0 Å². The van der Waals surface area contributed by atoms with E-state index in [-0.39, 0.29) is 49.2 Å². The van der Waals surface area contributed by atoms with Crippen molar-refractivity contribution in [1.82, 2.24) is 10.6 Å². The number of hydrogen-bond donors (Lipinski definition) is 4. The highest BCUT2D eigenvalue weighted by Gasteiger charge is 2.03. The molecule has 0 aliphatic rings. The number of aliphatic imine (C=N–C) groups is 2. The van der Waals surface area contributed by atoms with E-state index in [4.69, 9.17) is 14.9 Å². The zero-order valence-corrected chi connectivity index (χ0v) is 19.8. The van der Waals surface area contributed by atoms with Gasteiger partial charge in [-0.2, -0.15) is 4.89 Å². The maximum Gasteiger partial charge on any atom is 0.408 e. The van der Waals surface area contributed by atoms with E-state index in [2.05, 4.69) is 35.1 Å². The van der Waals surface area contributed by atoms with Crippen molar-refractivity contribution in [2.45, 2.75) is 0 Å². The lowest BCUT2D eigenvalue weighted by molar-refractivity contribution is -0.221. The minimum Gasteiger partial charge on any atom is -0.447 e. The van der Waals surface area contributed by atoms with Gasteiger partial charge >= 0.3 is 12.2 Å². The van der Waals surface area contributed by atoms with Gasteiger partial charge in [0, 0.05) is 0 Å². The highest BCUT2D eigenvalue weighted by molar-refractivity contribution is 8.15. The SMILES string of the molecule is O=C(NCSCN=CS(=O)CSCOC(=O)NCSCN=COOCCO)OCCO. The summed E-state index contributed by atoms with van der Waals surface area (Å²) in [5.41, 5.74) is 1.29. The molecule has 1 unspecified atom stereocenters. The summed E-state index contributed by atoms with van der Waals surface area (Å²) >= 11 is 3.75. The van der Waals surface area contributed by atoms with Crippen LogP contribution in [0.3, 0.4) is 0 Å². The molecular weight excluding hydrogens is 496 g/mol. The third kappa shape index (κ3) is 23.3. The third-order valence-corrected chi connectivity index (χ3v) is 5.94. The number of nitrogens with zero attached hydrogens (tertiary/aromatic N) is 2. The van der Waals surface area contributed by atoms with Gasteiger partial charge in [-0.3, -0.25) is 9.20 Å². The molecule has 0 aromatic heterocycles. The molecule has 17 heteroatoms. The van der Waals surface area contributed by atoms with E-state index in [9.17, 15) is 13.8 Å². The second kappa shape index (κ2) is 23.4. The number of rotatable bonds is 19. The molecule has 0 radical (unpaired) electrons. The van der Waals surface area contributed by atoms with Gasteiger partial charge < -0.3 is 35.2 Å². The van der Waals surface area contributed by atoms with E-state index < -0.39 is 23.0 Å². The smallest absolute Gasteiger partial charge is 0.408 e. The largest absolute Gasteiger partial charge is 0.447 e. The highest BCUT2D eigenvalue weighted by atomic mass is 32.2. The first kappa shape index (κ1) is 29.8. The first-order chi connectivity index (χ1) is 15.1. The van der Waals surface area contributed by atoms with Crippen LogP contribution in [0.1, 0.15) is 0 Å². The van der Waals surface area contributed by atoms with Crippen molar-refractivity contribution in [3.8, 4) is 0 Å². The minimum atomic E-state index is -1.32. The quantitative estimate of drug-likeness (QED) is 0.0450. The molecule has 0 saturated heterocycles. The maximum absolute atomic E-state index is 11.7. The Morgan fingerprint density at radius 3 is 2.26 bits per heavy atom. The molecule has 0 heterocycles. The number of aliphatic hydroxyl groups is 2. The van der Waals surface area contributed by atoms with Crippen LogP contribution in [-0.4, -0.2) is 99.5 Å². The van der Waals surface area contributed by atoms with E-state index in [1.54, 1.807) is 0 Å². The summed E-state index contributed by atoms with van der Waals surface area (Å²) < 4.78 is 21.2. The molecule has 0 rings (SSSR count). The fraction of sp³-hybridized carbons (Fsp3) is 0.714. The number of ether oxygens (including phenoxy) is 2. The molecule has 0 spiro atoms. The Morgan fingerprint density at radius 1 is 0.935 bits per heavy atom. The summed E-state index contributed by atoms with van der Waals surface area (Å²) in [6.45, 7) is -0.403. The number of hydrogen-bond acceptors (Lipinski definition) is 14. The van der Waals surface area contributed by atoms with E-state index in [0.29, 0.717) is 11.8 Å². The number of thioether (sulfide) groups is 3. The van der Waals surface area contributed by atoms with Crippen LogP contribution >= 0.6 is 35.3 Å². The molecule has 0 saturated carbocycles. The highest BCUT2D eigenvalue weighted by Crippen LogP contribution is 2.04. The summed E-state index contributed by atoms with van der Waals surface area (Å²) in [5.74, 6) is 1.22. The molecule has 0 fully saturated rings. The number of amides is 2. The van der Waals surface area contributed by atoms with Crippen molar-refractivity contribution in [3.05, 3.63) is 0 Å². The number of carbonyl (C=O) groups is 2. The fourth-order valence-corrected chi connectivity index (χ4v) is 3.86. The summed E-state index contributed by atoms with van der Waals surface area (Å²) in [4.78, 5) is 39.3. The lowest BCUT2D eigenvalue weighted by Gasteiger charge is -2.05. The van der Waals surface area contributed by atoms with E-state index in [0.717, 1.165) is 6.40 Å². The van der Waals surface area contributed by atoms with Crippen molar-refractivity contribution in [2.24, 2.45) is 9.98 Å². The molecule has 0 aliphatic carbocycles. The third-order valence-electron chi connectivity index (χ3n) is 2.32. The fourth-order valence-electron chi connectivity index (χ4n) is 1.19. The molecule has 4 N–H and O–H groups in total. The van der Waals surface area contributed by atoms with Gasteiger partial charge in [0.05, 0.1) is 58.2 Å². The average Bonchev–Trinajstić information content (AvgIpc) is 2.76. The van der Waals surface area contributed by atoms with E-state index >= 15 is 0 Å². The minimum absolute atomic E-state index is 0.0406. The van der Waals surface area contributed by atoms with Crippen LogP contribution in [0.4, 0.5) is 9.59 Å². The Kier molecular flexibility index (Phi) is 22.5. The molecule has 0 aromatic rings. The molecular formula is C14H26N4O9S4. The Bertz CT molecular complexity index is 558. The summed E-state index contributed by atoms with van der Waals surface area (Å²) in [5, 5.41) is 22.1. The molecule has 13 nitrogen and oxygen atoms in total. The average molecular weight is 523 g/mol. The molecule has 0 aliphatic heterocycles. The van der Waals surface area contributed by atoms with Crippen LogP contribution in [-0.2, 0) is 30.0 Å². The van der Waals surface area contributed by atoms with Crippen molar-refractivity contribution < 1.29 is 43.3 Å². The number of alkyl carbamates (subject to hydrolysis) is 2. The van der Waals surface area contributed by atoms with Crippen LogP contribution in [0.15, 0.2) is 9.98 Å². The normalized spacial score (nSPS) is 12.1. The summed E-state index contributed by atoms with van der Waals surface area (Å²) in [6.07, 6.45) is -0.142. The van der Waals surface area contributed by atoms with E-state index in [1.165, 1.54) is 40.8 Å². The van der Waals surface area contributed by atoms with Crippen LogP contribution < -0.4 is 10.6 Å². The lowest BCUT2D eigenvalue weighted by Crippen LogP contribution is -2.25. The first-order valence-corrected chi connectivity index (χ1v) is 13.3. The van der Waals surface area contributed by atoms with Gasteiger partial charge in [0.25, 0.3) is 0 Å². The maximum atomic E-state index is 11.7. The van der Waals surface area contributed by atoms with Crippen LogP contribution in [0.2, 0.25) is 0 Å². The number of carbonyl (C=O) groups excluding carboxylic acids is 2. The Labute approximate surface area is 194 Å². The van der Waals surface area contributed by atoms with Crippen molar-refractivity contribution >= 4 is 70.2 Å². The number of aliphatic hydroxyl groups excluding tert-OH is 2. The zero-order valence-electron chi connectivity index (χ0n) is 16.5. The van der Waals surface area contributed by atoms with Crippen LogP contribution in [0.5, 0.6) is 0 Å². The molecule has 1 atom stereocenters. The summed E-state index contributed by atoms with van der Waals surface area (Å²) in [7, 11) is -1.32. The predicted molar refractivity (Wildman–Crippen MR) is 122 cm³/mol.